The summed E-state index contributed by atoms with van der Waals surface area (Å²) in [5.74, 6) is 5.49. The van der Waals surface area contributed by atoms with Crippen molar-refractivity contribution in [3.63, 3.8) is 0 Å². The second kappa shape index (κ2) is 8.49. The molecule has 0 aromatic heterocycles. The third kappa shape index (κ3) is 5.61. The lowest BCUT2D eigenvalue weighted by molar-refractivity contribution is -0.152. The van der Waals surface area contributed by atoms with Crippen molar-refractivity contribution >= 4 is 5.97 Å². The molecule has 0 saturated heterocycles. The van der Waals surface area contributed by atoms with Gasteiger partial charge in [0.15, 0.2) is 0 Å². The number of benzene rings is 1. The zero-order valence-corrected chi connectivity index (χ0v) is 13.2. The highest BCUT2D eigenvalue weighted by molar-refractivity contribution is 5.81. The zero-order chi connectivity index (χ0) is 15.7. The number of hydrogen-bond donors (Lipinski definition) is 1. The van der Waals surface area contributed by atoms with Gasteiger partial charge in [0.05, 0.1) is 0 Å². The van der Waals surface area contributed by atoms with Gasteiger partial charge < -0.3 is 10.5 Å². The summed E-state index contributed by atoms with van der Waals surface area (Å²) in [7, 11) is 0. The maximum atomic E-state index is 12.2. The molecule has 1 aromatic carbocycles. The Hall–Kier alpha value is -1.79. The Labute approximate surface area is 127 Å². The molecule has 0 unspecified atom stereocenters. The van der Waals surface area contributed by atoms with E-state index in [1.165, 1.54) is 0 Å². The Morgan fingerprint density at radius 2 is 2.05 bits per heavy atom. The maximum Gasteiger partial charge on any atom is 0.327 e. The Bertz CT molecular complexity index is 497. The molecule has 0 heterocycles. The molecule has 0 saturated carbocycles. The standard InChI is InChI=1S/C18H25NO2/c1-4-5-6-8-11-15(2)18(3,19)17(20)21-14-16-12-9-7-10-13-16/h7,9-10,12-13,15H,4-6,14,19H2,1-3H3/t15-,18+/m1/s1. The van der Waals surface area contributed by atoms with Crippen molar-refractivity contribution in [3.05, 3.63) is 35.9 Å². The van der Waals surface area contributed by atoms with E-state index in [0.717, 1.165) is 24.8 Å². The molecule has 0 radical (unpaired) electrons. The van der Waals surface area contributed by atoms with E-state index in [1.54, 1.807) is 6.92 Å². The first kappa shape index (κ1) is 17.3. The lowest BCUT2D eigenvalue weighted by Gasteiger charge is -2.25. The molecule has 2 atom stereocenters. The predicted octanol–water partition coefficient (Wildman–Crippen LogP) is 3.28. The summed E-state index contributed by atoms with van der Waals surface area (Å²) in [6.45, 7) is 5.91. The van der Waals surface area contributed by atoms with E-state index >= 15 is 0 Å². The van der Waals surface area contributed by atoms with E-state index < -0.39 is 11.5 Å². The highest BCUT2D eigenvalue weighted by Crippen LogP contribution is 2.16. The second-order valence-corrected chi connectivity index (χ2v) is 5.49. The van der Waals surface area contributed by atoms with E-state index in [1.807, 2.05) is 37.3 Å². The van der Waals surface area contributed by atoms with E-state index in [9.17, 15) is 4.79 Å². The molecule has 0 aliphatic carbocycles. The van der Waals surface area contributed by atoms with Crippen molar-refractivity contribution in [1.82, 2.24) is 0 Å². The molecule has 0 spiro atoms. The van der Waals surface area contributed by atoms with Gasteiger partial charge in [0.2, 0.25) is 0 Å². The molecule has 0 bridgehead atoms. The van der Waals surface area contributed by atoms with Crippen LogP contribution in [0, 0.1) is 17.8 Å². The Morgan fingerprint density at radius 3 is 2.67 bits per heavy atom. The van der Waals surface area contributed by atoms with Gasteiger partial charge in [0.25, 0.3) is 0 Å². The van der Waals surface area contributed by atoms with E-state index in [4.69, 9.17) is 10.5 Å². The van der Waals surface area contributed by atoms with Crippen LogP contribution >= 0.6 is 0 Å². The summed E-state index contributed by atoms with van der Waals surface area (Å²) < 4.78 is 5.31. The van der Waals surface area contributed by atoms with Gasteiger partial charge in [-0.05, 0) is 25.8 Å². The van der Waals surface area contributed by atoms with Gasteiger partial charge >= 0.3 is 5.97 Å². The lowest BCUT2D eigenvalue weighted by Crippen LogP contribution is -2.51. The number of carbonyl (C=O) groups is 1. The Balaban J connectivity index is 2.55. The quantitative estimate of drug-likeness (QED) is 0.496. The zero-order valence-electron chi connectivity index (χ0n) is 13.2. The van der Waals surface area contributed by atoms with Crippen LogP contribution in [0.15, 0.2) is 30.3 Å². The van der Waals surface area contributed by atoms with Crippen molar-refractivity contribution in [2.45, 2.75) is 52.2 Å². The number of ether oxygens (including phenoxy) is 1. The number of unbranched alkanes of at least 4 members (excludes halogenated alkanes) is 2. The molecule has 1 rings (SSSR count). The summed E-state index contributed by atoms with van der Waals surface area (Å²) in [5, 5.41) is 0. The van der Waals surface area contributed by atoms with Crippen molar-refractivity contribution in [3.8, 4) is 11.8 Å². The van der Waals surface area contributed by atoms with Gasteiger partial charge in [0.1, 0.15) is 12.1 Å². The van der Waals surface area contributed by atoms with Gasteiger partial charge in [0, 0.05) is 12.3 Å². The molecule has 3 heteroatoms. The molecule has 1 aromatic rings. The van der Waals surface area contributed by atoms with Crippen molar-refractivity contribution < 1.29 is 9.53 Å². The number of nitrogens with two attached hydrogens (primary N) is 1. The Kier molecular flexibility index (Phi) is 6.98. The molecule has 0 fully saturated rings. The molecule has 21 heavy (non-hydrogen) atoms. The van der Waals surface area contributed by atoms with Gasteiger partial charge in [-0.2, -0.15) is 0 Å². The van der Waals surface area contributed by atoms with Gasteiger partial charge in [-0.15, -0.1) is 5.92 Å². The molecule has 3 nitrogen and oxygen atoms in total. The topological polar surface area (TPSA) is 52.3 Å². The number of carbonyl (C=O) groups excluding carboxylic acids is 1. The third-order valence-electron chi connectivity index (χ3n) is 3.53. The average Bonchev–Trinajstić information content (AvgIpc) is 2.49. The Morgan fingerprint density at radius 1 is 1.38 bits per heavy atom. The van der Waals surface area contributed by atoms with Crippen LogP contribution in [-0.2, 0) is 16.1 Å². The number of hydrogen-bond acceptors (Lipinski definition) is 3. The van der Waals surface area contributed by atoms with Crippen LogP contribution in [0.5, 0.6) is 0 Å². The minimum Gasteiger partial charge on any atom is -0.459 e. The van der Waals surface area contributed by atoms with Gasteiger partial charge in [-0.3, -0.25) is 4.79 Å². The minimum atomic E-state index is -1.09. The van der Waals surface area contributed by atoms with Crippen LogP contribution in [-0.4, -0.2) is 11.5 Å². The van der Waals surface area contributed by atoms with E-state index in [2.05, 4.69) is 18.8 Å². The smallest absolute Gasteiger partial charge is 0.327 e. The van der Waals surface area contributed by atoms with E-state index in [-0.39, 0.29) is 12.5 Å². The molecule has 2 N–H and O–H groups in total. The second-order valence-electron chi connectivity index (χ2n) is 5.49. The van der Waals surface area contributed by atoms with Crippen molar-refractivity contribution in [1.29, 1.82) is 0 Å². The van der Waals surface area contributed by atoms with Crippen LogP contribution in [0.3, 0.4) is 0 Å². The average molecular weight is 287 g/mol. The normalized spacial score (nSPS) is 14.5. The first-order valence-corrected chi connectivity index (χ1v) is 7.47. The minimum absolute atomic E-state index is 0.238. The fourth-order valence-corrected chi connectivity index (χ4v) is 1.70. The SMILES string of the molecule is CCCCC#C[C@@H](C)[C@](C)(N)C(=O)OCc1ccccc1. The number of esters is 1. The summed E-state index contributed by atoms with van der Waals surface area (Å²) in [6.07, 6.45) is 3.03. The summed E-state index contributed by atoms with van der Waals surface area (Å²) in [5.41, 5.74) is 5.96. The summed E-state index contributed by atoms with van der Waals surface area (Å²) in [4.78, 5) is 12.2. The van der Waals surface area contributed by atoms with Crippen molar-refractivity contribution in [2.24, 2.45) is 11.7 Å². The predicted molar refractivity (Wildman–Crippen MR) is 85.3 cm³/mol. The number of rotatable bonds is 6. The van der Waals surface area contributed by atoms with Gasteiger partial charge in [-0.1, -0.05) is 49.6 Å². The summed E-state index contributed by atoms with van der Waals surface area (Å²) in [6, 6.07) is 9.57. The first-order valence-electron chi connectivity index (χ1n) is 7.47. The monoisotopic (exact) mass is 287 g/mol. The summed E-state index contributed by atoms with van der Waals surface area (Å²) >= 11 is 0. The van der Waals surface area contributed by atoms with Crippen LogP contribution in [0.4, 0.5) is 0 Å². The fraction of sp³-hybridized carbons (Fsp3) is 0.500. The van der Waals surface area contributed by atoms with Crippen LogP contribution in [0.2, 0.25) is 0 Å². The van der Waals surface area contributed by atoms with Crippen molar-refractivity contribution in [2.75, 3.05) is 0 Å². The molecular weight excluding hydrogens is 262 g/mol. The highest BCUT2D eigenvalue weighted by atomic mass is 16.5. The molecule has 0 amide bonds. The van der Waals surface area contributed by atoms with Crippen LogP contribution < -0.4 is 5.73 Å². The van der Waals surface area contributed by atoms with Crippen LogP contribution in [0.1, 0.15) is 45.6 Å². The molecule has 0 aliphatic rings. The lowest BCUT2D eigenvalue weighted by atomic mass is 9.88. The largest absolute Gasteiger partial charge is 0.459 e. The fourth-order valence-electron chi connectivity index (χ4n) is 1.70. The molecule has 0 aliphatic heterocycles. The highest BCUT2D eigenvalue weighted by Gasteiger charge is 2.35. The molecule has 114 valence electrons. The third-order valence-corrected chi connectivity index (χ3v) is 3.53. The van der Waals surface area contributed by atoms with Gasteiger partial charge in [-0.25, -0.2) is 0 Å². The maximum absolute atomic E-state index is 12.2. The van der Waals surface area contributed by atoms with E-state index in [0.29, 0.717) is 0 Å². The molecular formula is C18H25NO2. The van der Waals surface area contributed by atoms with Crippen LogP contribution in [0.25, 0.3) is 0 Å². The first-order chi connectivity index (χ1) is 9.98.